The molecule has 0 aromatic heterocycles. The van der Waals surface area contributed by atoms with Crippen LogP contribution in [0.4, 0.5) is 0 Å². The molecule has 13 heavy (non-hydrogen) atoms. The van der Waals surface area contributed by atoms with Crippen LogP contribution >= 0.6 is 11.8 Å². The molecule has 0 spiro atoms. The molecule has 0 bridgehead atoms. The van der Waals surface area contributed by atoms with Gasteiger partial charge in [-0.1, -0.05) is 30.3 Å². The molecule has 1 nitrogen and oxygen atoms in total. The SMILES string of the molecule is CC(C)(N)CSCc1ccccc1. The second-order valence-electron chi connectivity index (χ2n) is 3.97. The highest BCUT2D eigenvalue weighted by Crippen LogP contribution is 2.15. The molecule has 0 amide bonds. The molecule has 0 fully saturated rings. The predicted molar refractivity (Wildman–Crippen MR) is 60.9 cm³/mol. The minimum atomic E-state index is -0.0561. The number of hydrogen-bond acceptors (Lipinski definition) is 2. The molecule has 1 aromatic carbocycles. The zero-order valence-electron chi connectivity index (χ0n) is 8.29. The summed E-state index contributed by atoms with van der Waals surface area (Å²) < 4.78 is 0. The first-order valence-electron chi connectivity index (χ1n) is 4.48. The van der Waals surface area contributed by atoms with E-state index in [1.807, 2.05) is 17.8 Å². The Hall–Kier alpha value is -0.470. The molecule has 0 unspecified atom stereocenters. The van der Waals surface area contributed by atoms with Crippen molar-refractivity contribution in [2.24, 2.45) is 5.73 Å². The third-order valence-electron chi connectivity index (χ3n) is 1.59. The summed E-state index contributed by atoms with van der Waals surface area (Å²) in [5, 5.41) is 0. The van der Waals surface area contributed by atoms with Gasteiger partial charge in [0.1, 0.15) is 0 Å². The fourth-order valence-corrected chi connectivity index (χ4v) is 2.06. The maximum atomic E-state index is 5.88. The van der Waals surface area contributed by atoms with Gasteiger partial charge < -0.3 is 5.73 Å². The van der Waals surface area contributed by atoms with Crippen molar-refractivity contribution >= 4 is 11.8 Å². The molecule has 1 aromatic rings. The molecule has 2 N–H and O–H groups in total. The van der Waals surface area contributed by atoms with E-state index in [4.69, 9.17) is 5.73 Å². The lowest BCUT2D eigenvalue weighted by Gasteiger charge is -2.17. The van der Waals surface area contributed by atoms with Gasteiger partial charge >= 0.3 is 0 Å². The predicted octanol–water partition coefficient (Wildman–Crippen LogP) is 2.66. The van der Waals surface area contributed by atoms with Crippen LogP contribution in [-0.2, 0) is 5.75 Å². The third kappa shape index (κ3) is 4.96. The first-order chi connectivity index (χ1) is 6.08. The van der Waals surface area contributed by atoms with Crippen LogP contribution in [0.3, 0.4) is 0 Å². The summed E-state index contributed by atoms with van der Waals surface area (Å²) in [6.45, 7) is 4.12. The topological polar surface area (TPSA) is 26.0 Å². The Morgan fingerprint density at radius 2 is 1.85 bits per heavy atom. The Bertz CT molecular complexity index is 238. The van der Waals surface area contributed by atoms with Crippen LogP contribution in [0.25, 0.3) is 0 Å². The van der Waals surface area contributed by atoms with E-state index < -0.39 is 0 Å². The Morgan fingerprint density at radius 1 is 1.23 bits per heavy atom. The van der Waals surface area contributed by atoms with Crippen LogP contribution in [0.5, 0.6) is 0 Å². The molecule has 0 aliphatic carbocycles. The lowest BCUT2D eigenvalue weighted by molar-refractivity contribution is 0.591. The normalized spacial score (nSPS) is 11.6. The number of rotatable bonds is 4. The number of nitrogens with two attached hydrogens (primary N) is 1. The van der Waals surface area contributed by atoms with Gasteiger partial charge in [0.2, 0.25) is 0 Å². The molecular weight excluding hydrogens is 178 g/mol. The summed E-state index contributed by atoms with van der Waals surface area (Å²) in [7, 11) is 0. The van der Waals surface area contributed by atoms with Crippen LogP contribution < -0.4 is 5.73 Å². The average molecular weight is 195 g/mol. The molecule has 0 saturated carbocycles. The Kier molecular flexibility index (Phi) is 3.82. The highest BCUT2D eigenvalue weighted by molar-refractivity contribution is 7.98. The van der Waals surface area contributed by atoms with Crippen molar-refractivity contribution in [3.63, 3.8) is 0 Å². The fourth-order valence-electron chi connectivity index (χ4n) is 1.01. The molecule has 72 valence electrons. The van der Waals surface area contributed by atoms with E-state index in [1.165, 1.54) is 5.56 Å². The van der Waals surface area contributed by atoms with Crippen molar-refractivity contribution in [2.45, 2.75) is 25.1 Å². The summed E-state index contributed by atoms with van der Waals surface area (Å²) in [5.74, 6) is 2.06. The minimum Gasteiger partial charge on any atom is -0.325 e. The zero-order chi connectivity index (χ0) is 9.73. The fraction of sp³-hybridized carbons (Fsp3) is 0.455. The number of benzene rings is 1. The van der Waals surface area contributed by atoms with Crippen LogP contribution in [0.1, 0.15) is 19.4 Å². The van der Waals surface area contributed by atoms with Gasteiger partial charge in [0.25, 0.3) is 0 Å². The first kappa shape index (κ1) is 10.6. The smallest absolute Gasteiger partial charge is 0.0188 e. The van der Waals surface area contributed by atoms with Crippen molar-refractivity contribution in [3.8, 4) is 0 Å². The Labute approximate surface area is 84.7 Å². The van der Waals surface area contributed by atoms with E-state index in [9.17, 15) is 0 Å². The maximum absolute atomic E-state index is 5.88. The van der Waals surface area contributed by atoms with Crippen molar-refractivity contribution in [2.75, 3.05) is 5.75 Å². The molecule has 0 atom stereocenters. The number of thioether (sulfide) groups is 1. The molecule has 0 saturated heterocycles. The van der Waals surface area contributed by atoms with Gasteiger partial charge in [-0.3, -0.25) is 0 Å². The standard InChI is InChI=1S/C11H17NS/c1-11(2,12)9-13-8-10-6-4-3-5-7-10/h3-7H,8-9,12H2,1-2H3. The second kappa shape index (κ2) is 4.68. The molecule has 2 heteroatoms. The Balaban J connectivity index is 2.29. The van der Waals surface area contributed by atoms with Crippen LogP contribution in [0.15, 0.2) is 30.3 Å². The maximum Gasteiger partial charge on any atom is 0.0188 e. The van der Waals surface area contributed by atoms with Crippen molar-refractivity contribution in [1.82, 2.24) is 0 Å². The molecule has 0 aliphatic rings. The van der Waals surface area contributed by atoms with E-state index in [0.717, 1.165) is 11.5 Å². The van der Waals surface area contributed by atoms with Crippen molar-refractivity contribution < 1.29 is 0 Å². The van der Waals surface area contributed by atoms with Gasteiger partial charge in [-0.05, 0) is 19.4 Å². The summed E-state index contributed by atoms with van der Waals surface area (Å²) in [5.41, 5.74) is 7.19. The van der Waals surface area contributed by atoms with Crippen LogP contribution in [0.2, 0.25) is 0 Å². The van der Waals surface area contributed by atoms with Gasteiger partial charge in [-0.25, -0.2) is 0 Å². The Morgan fingerprint density at radius 3 is 2.38 bits per heavy atom. The number of hydrogen-bond donors (Lipinski definition) is 1. The molecule has 0 heterocycles. The average Bonchev–Trinajstić information content (AvgIpc) is 2.04. The monoisotopic (exact) mass is 195 g/mol. The van der Waals surface area contributed by atoms with Crippen LogP contribution in [-0.4, -0.2) is 11.3 Å². The highest BCUT2D eigenvalue weighted by Gasteiger charge is 2.09. The second-order valence-corrected chi connectivity index (χ2v) is 4.95. The van der Waals surface area contributed by atoms with Gasteiger partial charge in [0, 0.05) is 17.0 Å². The summed E-state index contributed by atoms with van der Waals surface area (Å²) in [6, 6.07) is 10.5. The highest BCUT2D eigenvalue weighted by atomic mass is 32.2. The lowest BCUT2D eigenvalue weighted by atomic mass is 10.1. The first-order valence-corrected chi connectivity index (χ1v) is 5.64. The van der Waals surface area contributed by atoms with Gasteiger partial charge in [0.15, 0.2) is 0 Å². The van der Waals surface area contributed by atoms with E-state index in [2.05, 4.69) is 38.1 Å². The van der Waals surface area contributed by atoms with Gasteiger partial charge in [-0.2, -0.15) is 11.8 Å². The van der Waals surface area contributed by atoms with E-state index in [-0.39, 0.29) is 5.54 Å². The summed E-state index contributed by atoms with van der Waals surface area (Å²) in [6.07, 6.45) is 0. The van der Waals surface area contributed by atoms with Gasteiger partial charge in [0.05, 0.1) is 0 Å². The van der Waals surface area contributed by atoms with Crippen molar-refractivity contribution in [1.29, 1.82) is 0 Å². The quantitative estimate of drug-likeness (QED) is 0.799. The van der Waals surface area contributed by atoms with E-state index in [0.29, 0.717) is 0 Å². The summed E-state index contributed by atoms with van der Waals surface area (Å²) in [4.78, 5) is 0. The van der Waals surface area contributed by atoms with Crippen LogP contribution in [0, 0.1) is 0 Å². The molecule has 1 rings (SSSR count). The largest absolute Gasteiger partial charge is 0.325 e. The lowest BCUT2D eigenvalue weighted by Crippen LogP contribution is -2.34. The zero-order valence-corrected chi connectivity index (χ0v) is 9.10. The molecule has 0 aliphatic heterocycles. The van der Waals surface area contributed by atoms with Gasteiger partial charge in [-0.15, -0.1) is 0 Å². The van der Waals surface area contributed by atoms with Crippen molar-refractivity contribution in [3.05, 3.63) is 35.9 Å². The third-order valence-corrected chi connectivity index (χ3v) is 3.07. The molecular formula is C11H17NS. The van der Waals surface area contributed by atoms with E-state index in [1.54, 1.807) is 0 Å². The van der Waals surface area contributed by atoms with E-state index >= 15 is 0 Å². The minimum absolute atomic E-state index is 0.0561. The summed E-state index contributed by atoms with van der Waals surface area (Å²) >= 11 is 1.89. The molecule has 0 radical (unpaired) electrons.